The molecule has 84 valence electrons. The van der Waals surface area contributed by atoms with E-state index in [2.05, 4.69) is 0 Å². The van der Waals surface area contributed by atoms with Gasteiger partial charge in [-0.2, -0.15) is 0 Å². The van der Waals surface area contributed by atoms with E-state index in [-0.39, 0.29) is 11.2 Å². The van der Waals surface area contributed by atoms with E-state index >= 15 is 0 Å². The first-order valence-corrected chi connectivity index (χ1v) is 5.17. The molecule has 3 heteroatoms. The minimum atomic E-state index is -0.176. The molecule has 1 aromatic rings. The Labute approximate surface area is 90.7 Å². The molecule has 0 saturated heterocycles. The number of pyridine rings is 1. The molecule has 1 aromatic heterocycles. The SMILES string of the molecule is COC(C)(C)CCn1ccc(C)cc1=O. The lowest BCUT2D eigenvalue weighted by atomic mass is 10.1. The van der Waals surface area contributed by atoms with Crippen LogP contribution in [0.2, 0.25) is 0 Å². The van der Waals surface area contributed by atoms with Gasteiger partial charge in [0, 0.05) is 25.9 Å². The molecule has 0 aliphatic heterocycles. The van der Waals surface area contributed by atoms with Crippen molar-refractivity contribution in [1.82, 2.24) is 4.57 Å². The van der Waals surface area contributed by atoms with E-state index < -0.39 is 0 Å². The van der Waals surface area contributed by atoms with Crippen LogP contribution in [-0.2, 0) is 11.3 Å². The number of nitrogens with zero attached hydrogens (tertiary/aromatic N) is 1. The largest absolute Gasteiger partial charge is 0.379 e. The van der Waals surface area contributed by atoms with Crippen LogP contribution in [0.15, 0.2) is 23.1 Å². The highest BCUT2D eigenvalue weighted by molar-refractivity contribution is 5.07. The second-order valence-electron chi connectivity index (χ2n) is 4.45. The van der Waals surface area contributed by atoms with E-state index in [0.717, 1.165) is 12.0 Å². The normalized spacial score (nSPS) is 11.7. The smallest absolute Gasteiger partial charge is 0.250 e. The third-order valence-electron chi connectivity index (χ3n) is 2.66. The van der Waals surface area contributed by atoms with Crippen LogP contribution in [-0.4, -0.2) is 17.3 Å². The summed E-state index contributed by atoms with van der Waals surface area (Å²) in [4.78, 5) is 11.6. The molecule has 0 radical (unpaired) electrons. The lowest BCUT2D eigenvalue weighted by molar-refractivity contribution is 0.0118. The molecule has 1 heterocycles. The van der Waals surface area contributed by atoms with Crippen LogP contribution < -0.4 is 5.56 Å². The first-order chi connectivity index (χ1) is 6.94. The molecule has 0 spiro atoms. The van der Waals surface area contributed by atoms with Gasteiger partial charge in [-0.15, -0.1) is 0 Å². The zero-order chi connectivity index (χ0) is 11.5. The summed E-state index contributed by atoms with van der Waals surface area (Å²) >= 11 is 0. The van der Waals surface area contributed by atoms with Gasteiger partial charge >= 0.3 is 0 Å². The molecular formula is C12H19NO2. The molecule has 0 unspecified atom stereocenters. The zero-order valence-electron chi connectivity index (χ0n) is 9.91. The standard InChI is InChI=1S/C12H19NO2/c1-10-5-7-13(11(14)9-10)8-6-12(2,3)15-4/h5,7,9H,6,8H2,1-4H3. The van der Waals surface area contributed by atoms with Gasteiger partial charge in [0.15, 0.2) is 0 Å². The number of ether oxygens (including phenoxy) is 1. The predicted octanol–water partition coefficient (Wildman–Crippen LogP) is 1.97. The first kappa shape index (κ1) is 12.0. The van der Waals surface area contributed by atoms with E-state index in [4.69, 9.17) is 4.74 Å². The van der Waals surface area contributed by atoms with Crippen molar-refractivity contribution in [2.24, 2.45) is 0 Å². The van der Waals surface area contributed by atoms with Gasteiger partial charge < -0.3 is 9.30 Å². The summed E-state index contributed by atoms with van der Waals surface area (Å²) in [6, 6.07) is 3.60. The Balaban J connectivity index is 2.70. The number of aryl methyl sites for hydroxylation is 2. The van der Waals surface area contributed by atoms with Gasteiger partial charge in [0.2, 0.25) is 0 Å². The zero-order valence-corrected chi connectivity index (χ0v) is 9.91. The number of rotatable bonds is 4. The summed E-state index contributed by atoms with van der Waals surface area (Å²) < 4.78 is 7.02. The van der Waals surface area contributed by atoms with Gasteiger partial charge in [0.05, 0.1) is 5.60 Å². The minimum absolute atomic E-state index is 0.0573. The molecule has 1 rings (SSSR count). The Morgan fingerprint density at radius 1 is 1.47 bits per heavy atom. The third-order valence-corrected chi connectivity index (χ3v) is 2.66. The summed E-state index contributed by atoms with van der Waals surface area (Å²) in [6.07, 6.45) is 2.66. The molecule has 0 fully saturated rings. The molecule has 3 nitrogen and oxygen atoms in total. The van der Waals surface area contributed by atoms with E-state index in [0.29, 0.717) is 6.54 Å². The van der Waals surface area contributed by atoms with Crippen molar-refractivity contribution in [3.63, 3.8) is 0 Å². The molecule has 0 amide bonds. The highest BCUT2D eigenvalue weighted by Crippen LogP contribution is 2.13. The highest BCUT2D eigenvalue weighted by Gasteiger charge is 2.15. The molecule has 0 aromatic carbocycles. The fourth-order valence-corrected chi connectivity index (χ4v) is 1.28. The van der Waals surface area contributed by atoms with Crippen molar-refractivity contribution in [3.8, 4) is 0 Å². The Morgan fingerprint density at radius 2 is 2.13 bits per heavy atom. The van der Waals surface area contributed by atoms with Crippen LogP contribution in [0.3, 0.4) is 0 Å². The van der Waals surface area contributed by atoms with Crippen LogP contribution in [0.5, 0.6) is 0 Å². The molecule has 0 aliphatic carbocycles. The van der Waals surface area contributed by atoms with Crippen LogP contribution in [0.25, 0.3) is 0 Å². The fourth-order valence-electron chi connectivity index (χ4n) is 1.28. The number of methoxy groups -OCH3 is 1. The first-order valence-electron chi connectivity index (χ1n) is 5.17. The average Bonchev–Trinajstić information content (AvgIpc) is 2.16. The number of hydrogen-bond donors (Lipinski definition) is 0. The summed E-state index contributed by atoms with van der Waals surface area (Å²) in [7, 11) is 1.69. The van der Waals surface area contributed by atoms with E-state index in [1.54, 1.807) is 17.7 Å². The summed E-state index contributed by atoms with van der Waals surface area (Å²) in [5.41, 5.74) is 0.883. The fraction of sp³-hybridized carbons (Fsp3) is 0.583. The monoisotopic (exact) mass is 209 g/mol. The van der Waals surface area contributed by atoms with Gasteiger partial charge in [0.1, 0.15) is 0 Å². The molecule has 0 bridgehead atoms. The van der Waals surface area contributed by atoms with Crippen LogP contribution in [0.1, 0.15) is 25.8 Å². The molecule has 0 atom stereocenters. The van der Waals surface area contributed by atoms with Gasteiger partial charge in [-0.05, 0) is 38.8 Å². The highest BCUT2D eigenvalue weighted by atomic mass is 16.5. The molecule has 0 N–H and O–H groups in total. The quantitative estimate of drug-likeness (QED) is 0.759. The maximum absolute atomic E-state index is 11.6. The minimum Gasteiger partial charge on any atom is -0.379 e. The summed E-state index contributed by atoms with van der Waals surface area (Å²) in [6.45, 7) is 6.66. The van der Waals surface area contributed by atoms with Crippen molar-refractivity contribution in [1.29, 1.82) is 0 Å². The Hall–Kier alpha value is -1.09. The molecule has 0 saturated carbocycles. The average molecular weight is 209 g/mol. The number of hydrogen-bond acceptors (Lipinski definition) is 2. The van der Waals surface area contributed by atoms with Gasteiger partial charge in [-0.1, -0.05) is 0 Å². The van der Waals surface area contributed by atoms with Crippen molar-refractivity contribution < 1.29 is 4.74 Å². The lowest BCUT2D eigenvalue weighted by Crippen LogP contribution is -2.28. The second-order valence-corrected chi connectivity index (χ2v) is 4.45. The second kappa shape index (κ2) is 4.62. The topological polar surface area (TPSA) is 31.2 Å². The Morgan fingerprint density at radius 3 is 2.67 bits per heavy atom. The van der Waals surface area contributed by atoms with E-state index in [9.17, 15) is 4.79 Å². The van der Waals surface area contributed by atoms with Crippen LogP contribution in [0, 0.1) is 6.92 Å². The maximum atomic E-state index is 11.6. The lowest BCUT2D eigenvalue weighted by Gasteiger charge is -2.23. The van der Waals surface area contributed by atoms with Gasteiger partial charge in [0.25, 0.3) is 5.56 Å². The third kappa shape index (κ3) is 3.51. The van der Waals surface area contributed by atoms with Crippen LogP contribution >= 0.6 is 0 Å². The van der Waals surface area contributed by atoms with Crippen molar-refractivity contribution in [3.05, 3.63) is 34.2 Å². The van der Waals surface area contributed by atoms with Gasteiger partial charge in [-0.25, -0.2) is 0 Å². The molecule has 0 aliphatic rings. The van der Waals surface area contributed by atoms with Crippen LogP contribution in [0.4, 0.5) is 0 Å². The molecule has 15 heavy (non-hydrogen) atoms. The summed E-state index contributed by atoms with van der Waals surface area (Å²) in [5.74, 6) is 0. The van der Waals surface area contributed by atoms with Crippen molar-refractivity contribution in [2.75, 3.05) is 7.11 Å². The van der Waals surface area contributed by atoms with Crippen molar-refractivity contribution in [2.45, 2.75) is 39.3 Å². The van der Waals surface area contributed by atoms with E-state index in [1.165, 1.54) is 0 Å². The Kier molecular flexibility index (Phi) is 3.69. The predicted molar refractivity (Wildman–Crippen MR) is 61.1 cm³/mol. The summed E-state index contributed by atoms with van der Waals surface area (Å²) in [5, 5.41) is 0. The Bertz CT molecular complexity index is 379. The van der Waals surface area contributed by atoms with Gasteiger partial charge in [-0.3, -0.25) is 4.79 Å². The molecular weight excluding hydrogens is 190 g/mol. The maximum Gasteiger partial charge on any atom is 0.250 e. The number of aromatic nitrogens is 1. The van der Waals surface area contributed by atoms with Crippen molar-refractivity contribution >= 4 is 0 Å². The van der Waals surface area contributed by atoms with E-state index in [1.807, 2.05) is 33.0 Å².